The zero-order chi connectivity index (χ0) is 12.6. The first-order valence-electron chi connectivity index (χ1n) is 4.73. The van der Waals surface area contributed by atoms with Crippen LogP contribution < -0.4 is 0 Å². The van der Waals surface area contributed by atoms with Crippen LogP contribution in [0.1, 0.15) is 10.4 Å². The summed E-state index contributed by atoms with van der Waals surface area (Å²) < 4.78 is 6.03. The fourth-order valence-electron chi connectivity index (χ4n) is 1.61. The van der Waals surface area contributed by atoms with Crippen LogP contribution >= 0.6 is 0 Å². The normalized spacial score (nSPS) is 10.5. The van der Waals surface area contributed by atoms with Crippen molar-refractivity contribution in [3.8, 4) is 0 Å². The van der Waals surface area contributed by atoms with Gasteiger partial charge in [-0.15, -0.1) is 0 Å². The number of carbonyl (C=O) groups is 1. The van der Waals surface area contributed by atoms with Gasteiger partial charge in [0.2, 0.25) is 0 Å². The van der Waals surface area contributed by atoms with Crippen LogP contribution in [0, 0.1) is 10.1 Å². The molecule has 0 fully saturated rings. The molecule has 7 heteroatoms. The molecule has 0 aliphatic carbocycles. The first-order valence-corrected chi connectivity index (χ1v) is 4.73. The van der Waals surface area contributed by atoms with E-state index < -0.39 is 10.9 Å². The molecule has 1 aromatic heterocycles. The molecule has 17 heavy (non-hydrogen) atoms. The number of rotatable bonds is 2. The first-order chi connectivity index (χ1) is 8.02. The molecule has 0 unspecified atom stereocenters. The van der Waals surface area contributed by atoms with Gasteiger partial charge in [-0.3, -0.25) is 14.8 Å². The molecule has 0 spiro atoms. The van der Waals surface area contributed by atoms with E-state index in [1.165, 1.54) is 23.9 Å². The second-order valence-electron chi connectivity index (χ2n) is 3.48. The highest BCUT2D eigenvalue weighted by Gasteiger charge is 2.22. The highest BCUT2D eigenvalue weighted by molar-refractivity contribution is 5.99. The monoisotopic (exact) mass is 235 g/mol. The number of nitrogens with zero attached hydrogens (tertiary/aromatic N) is 3. The van der Waals surface area contributed by atoms with Gasteiger partial charge in [0.05, 0.1) is 17.5 Å². The van der Waals surface area contributed by atoms with Gasteiger partial charge in [0.15, 0.2) is 0 Å². The van der Waals surface area contributed by atoms with Crippen molar-refractivity contribution in [1.29, 1.82) is 0 Å². The van der Waals surface area contributed by atoms with Crippen molar-refractivity contribution in [2.45, 2.75) is 0 Å². The minimum Gasteiger partial charge on any atom is -0.465 e. The predicted molar refractivity (Wildman–Crippen MR) is 58.7 cm³/mol. The van der Waals surface area contributed by atoms with Gasteiger partial charge >= 0.3 is 5.97 Å². The van der Waals surface area contributed by atoms with E-state index >= 15 is 0 Å². The lowest BCUT2D eigenvalue weighted by Gasteiger charge is -2.00. The Morgan fingerprint density at radius 2 is 2.24 bits per heavy atom. The van der Waals surface area contributed by atoms with Gasteiger partial charge < -0.3 is 4.74 Å². The molecule has 88 valence electrons. The van der Waals surface area contributed by atoms with E-state index in [0.717, 1.165) is 0 Å². The zero-order valence-electron chi connectivity index (χ0n) is 9.21. The van der Waals surface area contributed by atoms with E-state index in [2.05, 4.69) is 9.84 Å². The van der Waals surface area contributed by atoms with Gasteiger partial charge in [-0.05, 0) is 6.07 Å². The Kier molecular flexibility index (Phi) is 2.51. The Bertz CT molecular complexity index is 617. The van der Waals surface area contributed by atoms with E-state index in [0.29, 0.717) is 10.9 Å². The molecule has 0 aliphatic heterocycles. The molecule has 1 heterocycles. The number of benzene rings is 1. The first kappa shape index (κ1) is 11.1. The molecule has 7 nitrogen and oxygen atoms in total. The number of aryl methyl sites for hydroxylation is 1. The van der Waals surface area contributed by atoms with Crippen LogP contribution in [0.3, 0.4) is 0 Å². The molecule has 2 aromatic rings. The topological polar surface area (TPSA) is 87.3 Å². The Morgan fingerprint density at radius 1 is 1.53 bits per heavy atom. The summed E-state index contributed by atoms with van der Waals surface area (Å²) in [7, 11) is 2.87. The third-order valence-electron chi connectivity index (χ3n) is 2.34. The van der Waals surface area contributed by atoms with Gasteiger partial charge in [0.25, 0.3) is 5.69 Å². The van der Waals surface area contributed by atoms with Crippen LogP contribution in [-0.2, 0) is 11.8 Å². The van der Waals surface area contributed by atoms with Crippen molar-refractivity contribution >= 4 is 22.6 Å². The summed E-state index contributed by atoms with van der Waals surface area (Å²) in [6.07, 6.45) is 1.64. The van der Waals surface area contributed by atoms with Gasteiger partial charge in [0.1, 0.15) is 5.56 Å². The van der Waals surface area contributed by atoms with Crippen molar-refractivity contribution in [1.82, 2.24) is 9.78 Å². The summed E-state index contributed by atoms with van der Waals surface area (Å²) in [5.74, 6) is -0.746. The maximum atomic E-state index is 11.4. The molecule has 2 rings (SSSR count). The van der Waals surface area contributed by atoms with Crippen molar-refractivity contribution < 1.29 is 14.5 Å². The molecule has 1 aromatic carbocycles. The fourth-order valence-corrected chi connectivity index (χ4v) is 1.61. The molecule has 0 amide bonds. The van der Waals surface area contributed by atoms with Crippen LogP contribution in [0.5, 0.6) is 0 Å². The number of aromatic nitrogens is 2. The molecule has 0 N–H and O–H groups in total. The van der Waals surface area contributed by atoms with Crippen molar-refractivity contribution in [2.24, 2.45) is 7.05 Å². The molecule has 0 atom stereocenters. The van der Waals surface area contributed by atoms with E-state index in [1.54, 1.807) is 13.2 Å². The number of carbonyl (C=O) groups excluding carboxylic acids is 1. The summed E-state index contributed by atoms with van der Waals surface area (Å²) in [6.45, 7) is 0. The number of ether oxygens (including phenoxy) is 1. The number of fused-ring (bicyclic) bond motifs is 1. The minimum atomic E-state index is -0.746. The molecular weight excluding hydrogens is 226 g/mol. The highest BCUT2D eigenvalue weighted by Crippen LogP contribution is 2.25. The predicted octanol–water partition coefficient (Wildman–Crippen LogP) is 1.27. The standard InChI is InChI=1S/C10H9N3O4/c1-12-5-6-3-9(13(15)16)7(10(14)17-2)4-8(6)11-12/h3-5H,1-2H3. The fraction of sp³-hybridized carbons (Fsp3) is 0.200. The summed E-state index contributed by atoms with van der Waals surface area (Å²) in [5, 5.41) is 15.5. The van der Waals surface area contributed by atoms with E-state index in [4.69, 9.17) is 0 Å². The summed E-state index contributed by atoms with van der Waals surface area (Å²) in [4.78, 5) is 21.7. The van der Waals surface area contributed by atoms with Gasteiger partial charge in [-0.25, -0.2) is 4.79 Å². The average Bonchev–Trinajstić information content (AvgIpc) is 2.65. The number of nitro groups is 1. The minimum absolute atomic E-state index is 0.0938. The molecule has 0 saturated carbocycles. The van der Waals surface area contributed by atoms with Crippen LogP contribution in [0.25, 0.3) is 10.9 Å². The van der Waals surface area contributed by atoms with Crippen molar-refractivity contribution in [2.75, 3.05) is 7.11 Å². The van der Waals surface area contributed by atoms with Crippen LogP contribution in [-0.4, -0.2) is 27.8 Å². The molecule has 0 aliphatic rings. The van der Waals surface area contributed by atoms with Crippen LogP contribution in [0.15, 0.2) is 18.3 Å². The molecule has 0 saturated heterocycles. The molecule has 0 bridgehead atoms. The van der Waals surface area contributed by atoms with Crippen LogP contribution in [0.2, 0.25) is 0 Å². The number of hydrogen-bond donors (Lipinski definition) is 0. The Labute approximate surface area is 95.7 Å². The van der Waals surface area contributed by atoms with Gasteiger partial charge in [-0.1, -0.05) is 0 Å². The smallest absolute Gasteiger partial charge is 0.344 e. The molecule has 0 radical (unpaired) electrons. The lowest BCUT2D eigenvalue weighted by Crippen LogP contribution is -2.05. The van der Waals surface area contributed by atoms with E-state index in [1.807, 2.05) is 0 Å². The van der Waals surface area contributed by atoms with Crippen molar-refractivity contribution in [3.05, 3.63) is 34.0 Å². The Balaban J connectivity index is 2.74. The number of nitro benzene ring substituents is 1. The largest absolute Gasteiger partial charge is 0.465 e. The second kappa shape index (κ2) is 3.85. The Morgan fingerprint density at radius 3 is 2.82 bits per heavy atom. The average molecular weight is 235 g/mol. The van der Waals surface area contributed by atoms with E-state index in [-0.39, 0.29) is 11.3 Å². The SMILES string of the molecule is COC(=O)c1cc2nn(C)cc2cc1[N+](=O)[O-]. The summed E-state index contributed by atoms with van der Waals surface area (Å²) in [5.41, 5.74) is 0.138. The van der Waals surface area contributed by atoms with Crippen molar-refractivity contribution in [3.63, 3.8) is 0 Å². The number of esters is 1. The van der Waals surface area contributed by atoms with Crippen LogP contribution in [0.4, 0.5) is 5.69 Å². The third-order valence-corrected chi connectivity index (χ3v) is 2.34. The van der Waals surface area contributed by atoms with Gasteiger partial charge in [-0.2, -0.15) is 5.10 Å². The highest BCUT2D eigenvalue weighted by atomic mass is 16.6. The maximum absolute atomic E-state index is 11.4. The van der Waals surface area contributed by atoms with E-state index in [9.17, 15) is 14.9 Å². The zero-order valence-corrected chi connectivity index (χ0v) is 9.21. The lowest BCUT2D eigenvalue weighted by molar-refractivity contribution is -0.385. The molecular formula is C10H9N3O4. The Hall–Kier alpha value is -2.44. The maximum Gasteiger partial charge on any atom is 0.344 e. The van der Waals surface area contributed by atoms with Gasteiger partial charge in [0, 0.05) is 24.7 Å². The quantitative estimate of drug-likeness (QED) is 0.444. The number of hydrogen-bond acceptors (Lipinski definition) is 5. The second-order valence-corrected chi connectivity index (χ2v) is 3.48. The lowest BCUT2D eigenvalue weighted by atomic mass is 10.1. The number of methoxy groups -OCH3 is 1. The third kappa shape index (κ3) is 1.82. The summed E-state index contributed by atoms with van der Waals surface area (Å²) >= 11 is 0. The summed E-state index contributed by atoms with van der Waals surface area (Å²) in [6, 6.07) is 2.67.